The van der Waals surface area contributed by atoms with Gasteiger partial charge in [0.15, 0.2) is 5.82 Å². The lowest BCUT2D eigenvalue weighted by atomic mass is 9.90. The van der Waals surface area contributed by atoms with Crippen molar-refractivity contribution in [1.29, 1.82) is 0 Å². The van der Waals surface area contributed by atoms with E-state index in [1.54, 1.807) is 50.3 Å². The Morgan fingerprint density at radius 1 is 1.02 bits per heavy atom. The van der Waals surface area contributed by atoms with Crippen LogP contribution in [-0.2, 0) is 31.2 Å². The zero-order valence-corrected chi connectivity index (χ0v) is 27.3. The Morgan fingerprint density at radius 2 is 1.79 bits per heavy atom. The molecule has 1 aliphatic carbocycles. The molecule has 5 aromatic heterocycles. The number of piperazine rings is 1. The lowest BCUT2D eigenvalue weighted by Crippen LogP contribution is -2.56. The largest absolute Gasteiger partial charge is 0.392 e. The van der Waals surface area contributed by atoms with E-state index in [0.717, 1.165) is 69.2 Å². The van der Waals surface area contributed by atoms with Crippen molar-refractivity contribution in [3.05, 3.63) is 86.8 Å². The van der Waals surface area contributed by atoms with Gasteiger partial charge in [0, 0.05) is 62.4 Å². The molecule has 248 valence electrons. The monoisotopic (exact) mass is 650 g/mol. The van der Waals surface area contributed by atoms with E-state index >= 15 is 0 Å². The van der Waals surface area contributed by atoms with E-state index in [1.807, 2.05) is 10.5 Å². The molecular formula is C34H38N10O4. The molecule has 0 amide bonds. The molecule has 3 aliphatic rings. The number of hydrogen-bond acceptors (Lipinski definition) is 11. The molecule has 14 heteroatoms. The number of aliphatic hydroxyl groups is 1. The second-order valence-corrected chi connectivity index (χ2v) is 13.7. The van der Waals surface area contributed by atoms with Crippen molar-refractivity contribution in [1.82, 2.24) is 38.6 Å². The van der Waals surface area contributed by atoms with Gasteiger partial charge in [-0.1, -0.05) is 13.8 Å². The van der Waals surface area contributed by atoms with E-state index in [4.69, 9.17) is 4.74 Å². The van der Waals surface area contributed by atoms with Crippen LogP contribution in [0.3, 0.4) is 0 Å². The van der Waals surface area contributed by atoms with Crippen LogP contribution in [0.4, 0.5) is 17.3 Å². The summed E-state index contributed by atoms with van der Waals surface area (Å²) in [7, 11) is 1.66. The topological polar surface area (TPSA) is 148 Å². The first-order chi connectivity index (χ1) is 23.2. The van der Waals surface area contributed by atoms with Gasteiger partial charge in [-0.05, 0) is 47.6 Å². The highest BCUT2D eigenvalue weighted by Gasteiger charge is 2.32. The molecule has 0 aromatic carbocycles. The van der Waals surface area contributed by atoms with Crippen molar-refractivity contribution >= 4 is 22.8 Å². The van der Waals surface area contributed by atoms with Crippen molar-refractivity contribution in [2.24, 2.45) is 12.5 Å². The van der Waals surface area contributed by atoms with E-state index in [2.05, 4.69) is 49.0 Å². The number of fused-ring (bicyclic) bond motifs is 3. The first-order valence-corrected chi connectivity index (χ1v) is 16.3. The van der Waals surface area contributed by atoms with Crippen molar-refractivity contribution in [3.8, 4) is 16.9 Å². The second-order valence-electron chi connectivity index (χ2n) is 13.7. The molecular weight excluding hydrogens is 612 g/mol. The van der Waals surface area contributed by atoms with Crippen LogP contribution >= 0.6 is 0 Å². The number of nitrogens with zero attached hydrogens (tertiary/aromatic N) is 9. The average Bonchev–Trinajstić information content (AvgIpc) is 3.55. The normalized spacial score (nSPS) is 17.9. The number of nitrogens with one attached hydrogen (secondary N) is 1. The van der Waals surface area contributed by atoms with Gasteiger partial charge < -0.3 is 24.6 Å². The van der Waals surface area contributed by atoms with Crippen LogP contribution in [0.1, 0.15) is 30.7 Å². The zero-order chi connectivity index (χ0) is 33.2. The minimum Gasteiger partial charge on any atom is -0.392 e. The van der Waals surface area contributed by atoms with Gasteiger partial charge in [-0.15, -0.1) is 0 Å². The molecule has 48 heavy (non-hydrogen) atoms. The lowest BCUT2D eigenvalue weighted by molar-refractivity contribution is -0.0660. The van der Waals surface area contributed by atoms with E-state index in [-0.39, 0.29) is 28.0 Å². The molecule has 7 heterocycles. The van der Waals surface area contributed by atoms with E-state index in [9.17, 15) is 14.7 Å². The lowest BCUT2D eigenvalue weighted by Gasteiger charge is -2.43. The zero-order valence-electron chi connectivity index (χ0n) is 27.3. The maximum Gasteiger partial charge on any atom is 0.297 e. The molecule has 0 bridgehead atoms. The van der Waals surface area contributed by atoms with Crippen LogP contribution in [0.15, 0.2) is 58.9 Å². The number of ether oxygens (including phenoxy) is 1. The molecule has 0 radical (unpaired) electrons. The molecule has 0 unspecified atom stereocenters. The third kappa shape index (κ3) is 5.25. The van der Waals surface area contributed by atoms with Crippen LogP contribution in [0.25, 0.3) is 22.5 Å². The van der Waals surface area contributed by atoms with Crippen LogP contribution in [0, 0.1) is 5.41 Å². The summed E-state index contributed by atoms with van der Waals surface area (Å²) < 4.78 is 9.91. The molecule has 8 rings (SSSR count). The average molecular weight is 651 g/mol. The molecule has 2 aliphatic heterocycles. The summed E-state index contributed by atoms with van der Waals surface area (Å²) in [4.78, 5) is 45.1. The first kappa shape index (κ1) is 30.4. The van der Waals surface area contributed by atoms with Gasteiger partial charge in [0.25, 0.3) is 11.1 Å². The number of anilines is 3. The molecule has 2 saturated heterocycles. The number of aliphatic hydroxyl groups excluding tert-OH is 1. The minimum atomic E-state index is -0.400. The molecule has 0 saturated carbocycles. The highest BCUT2D eigenvalue weighted by atomic mass is 16.5. The van der Waals surface area contributed by atoms with Crippen molar-refractivity contribution in [3.63, 3.8) is 0 Å². The smallest absolute Gasteiger partial charge is 0.297 e. The van der Waals surface area contributed by atoms with Crippen molar-refractivity contribution < 1.29 is 9.84 Å². The highest BCUT2D eigenvalue weighted by Crippen LogP contribution is 2.37. The first-order valence-electron chi connectivity index (χ1n) is 16.3. The van der Waals surface area contributed by atoms with Crippen LogP contribution in [-0.4, -0.2) is 89.1 Å². The highest BCUT2D eigenvalue weighted by molar-refractivity contribution is 5.73. The quantitative estimate of drug-likeness (QED) is 0.266. The second kappa shape index (κ2) is 11.6. The Balaban J connectivity index is 1.07. The standard InChI is InChI=1S/C34H38N10O4/c1-34(2)12-21-11-28-32(47)44(38-20-43(28)29(21)13-34)30-26(17-45)25(4-5-35-30)22-10-27(31(46)40(3)16-22)39-33-36-14-23(15-37-33)41-6-8-42(9-7-41)24-18-48-19-24/h4-5,10-11,14-16,20,24,45H,6-9,12-13,17-19H2,1-3H3,(H,36,37,39). The Kier molecular flexibility index (Phi) is 7.38. The van der Waals surface area contributed by atoms with Crippen LogP contribution in [0.2, 0.25) is 0 Å². The number of aromatic nitrogens is 7. The summed E-state index contributed by atoms with van der Waals surface area (Å²) in [5.41, 5.74) is 5.19. The SMILES string of the molecule is Cn1cc(-c2ccnc(-n3ncn4c5c(cc4c3=O)CC(C)(C)C5)c2CO)cc(Nc2ncc(N3CCN(C4COC4)CC3)cn2)c1=O. The third-order valence-electron chi connectivity index (χ3n) is 9.83. The van der Waals surface area contributed by atoms with Gasteiger partial charge in [0.05, 0.1) is 43.9 Å². The fourth-order valence-corrected chi connectivity index (χ4v) is 7.20. The molecule has 14 nitrogen and oxygen atoms in total. The van der Waals surface area contributed by atoms with Crippen LogP contribution in [0.5, 0.6) is 0 Å². The van der Waals surface area contributed by atoms with Gasteiger partial charge in [-0.3, -0.25) is 18.9 Å². The fraction of sp³-hybridized carbons (Fsp3) is 0.412. The van der Waals surface area contributed by atoms with E-state index < -0.39 is 6.61 Å². The Bertz CT molecular complexity index is 2140. The van der Waals surface area contributed by atoms with Gasteiger partial charge in [-0.2, -0.15) is 9.78 Å². The van der Waals surface area contributed by atoms with Crippen molar-refractivity contribution in [2.75, 3.05) is 49.6 Å². The molecule has 0 atom stereocenters. The summed E-state index contributed by atoms with van der Waals surface area (Å²) in [6, 6.07) is 5.92. The minimum absolute atomic E-state index is 0.140. The summed E-state index contributed by atoms with van der Waals surface area (Å²) >= 11 is 0. The van der Waals surface area contributed by atoms with Gasteiger partial charge in [0.2, 0.25) is 5.95 Å². The van der Waals surface area contributed by atoms with Crippen LogP contribution < -0.4 is 21.3 Å². The Morgan fingerprint density at radius 3 is 2.50 bits per heavy atom. The maximum atomic E-state index is 13.7. The molecule has 2 N–H and O–H groups in total. The number of aryl methyl sites for hydroxylation is 1. The molecule has 0 spiro atoms. The Labute approximate surface area is 276 Å². The predicted molar refractivity (Wildman–Crippen MR) is 180 cm³/mol. The maximum absolute atomic E-state index is 13.7. The van der Waals surface area contributed by atoms with Gasteiger partial charge in [-0.25, -0.2) is 15.0 Å². The van der Waals surface area contributed by atoms with E-state index in [0.29, 0.717) is 34.2 Å². The summed E-state index contributed by atoms with van der Waals surface area (Å²) in [6.07, 6.45) is 10.2. The van der Waals surface area contributed by atoms with Gasteiger partial charge >= 0.3 is 0 Å². The molecule has 5 aromatic rings. The number of rotatable bonds is 7. The third-order valence-corrected chi connectivity index (χ3v) is 9.83. The van der Waals surface area contributed by atoms with Gasteiger partial charge in [0.1, 0.15) is 17.5 Å². The summed E-state index contributed by atoms with van der Waals surface area (Å²) in [6.45, 7) is 9.38. The summed E-state index contributed by atoms with van der Waals surface area (Å²) in [5.74, 6) is 0.524. The Hall–Kier alpha value is -4.92. The van der Waals surface area contributed by atoms with E-state index in [1.165, 1.54) is 9.25 Å². The number of hydrogen-bond donors (Lipinski definition) is 2. The number of pyridine rings is 2. The fourth-order valence-electron chi connectivity index (χ4n) is 7.20. The van der Waals surface area contributed by atoms with Crippen molar-refractivity contribution in [2.45, 2.75) is 39.3 Å². The predicted octanol–water partition coefficient (Wildman–Crippen LogP) is 1.92. The summed E-state index contributed by atoms with van der Waals surface area (Å²) in [5, 5.41) is 18.2. The molecule has 2 fully saturated rings.